The summed E-state index contributed by atoms with van der Waals surface area (Å²) in [6.45, 7) is 3.26. The Balaban J connectivity index is 0.00000108. The molecule has 17 heavy (non-hydrogen) atoms. The number of rotatable bonds is 6. The maximum atomic E-state index is 5.55. The van der Waals surface area contributed by atoms with Gasteiger partial charge in [-0.05, 0) is 24.3 Å². The molecule has 0 bridgehead atoms. The van der Waals surface area contributed by atoms with Crippen molar-refractivity contribution in [3.8, 4) is 5.75 Å². The van der Waals surface area contributed by atoms with Crippen LogP contribution >= 0.6 is 0 Å². The maximum Gasteiger partial charge on any atom is 0.119 e. The molecule has 2 unspecified atom stereocenters. The van der Waals surface area contributed by atoms with Crippen molar-refractivity contribution < 1.29 is 14.2 Å². The van der Waals surface area contributed by atoms with Crippen LogP contribution in [0.15, 0.2) is 24.3 Å². The molecule has 4 N–H and O–H groups in total. The molecule has 3 rings (SSSR count). The lowest BCUT2D eigenvalue weighted by atomic mass is 10.3. The van der Waals surface area contributed by atoms with Gasteiger partial charge in [-0.25, -0.2) is 0 Å². The van der Waals surface area contributed by atoms with Crippen molar-refractivity contribution in [2.45, 2.75) is 12.2 Å². The van der Waals surface area contributed by atoms with Crippen LogP contribution in [0.25, 0.3) is 0 Å². The normalized spacial score (nSPS) is 24.7. The summed E-state index contributed by atoms with van der Waals surface area (Å²) in [4.78, 5) is 0. The van der Waals surface area contributed by atoms with E-state index in [0.29, 0.717) is 18.8 Å². The molecule has 0 aliphatic carbocycles. The standard InChI is InChI=1S/C12H15NO3.H3N/c1-3-10(14-7-12-8-16-12)4-2-9(1)13-5-11-6-15-11;/h1-4,11-13H,5-8H2;1H3. The molecule has 0 spiro atoms. The van der Waals surface area contributed by atoms with E-state index in [1.807, 2.05) is 24.3 Å². The van der Waals surface area contributed by atoms with Gasteiger partial charge < -0.3 is 25.7 Å². The minimum absolute atomic E-state index is 0. The maximum absolute atomic E-state index is 5.55. The van der Waals surface area contributed by atoms with Gasteiger partial charge in [0, 0.05) is 12.2 Å². The van der Waals surface area contributed by atoms with Crippen molar-refractivity contribution >= 4 is 5.69 Å². The molecular weight excluding hydrogens is 220 g/mol. The molecule has 2 aliphatic rings. The second-order valence-electron chi connectivity index (χ2n) is 4.13. The van der Waals surface area contributed by atoms with E-state index in [-0.39, 0.29) is 6.15 Å². The smallest absolute Gasteiger partial charge is 0.119 e. The van der Waals surface area contributed by atoms with Crippen LogP contribution in [0.5, 0.6) is 5.75 Å². The van der Waals surface area contributed by atoms with Crippen LogP contribution in [0.1, 0.15) is 0 Å². The number of hydrogen-bond acceptors (Lipinski definition) is 5. The van der Waals surface area contributed by atoms with Gasteiger partial charge in [0.05, 0.1) is 19.3 Å². The minimum atomic E-state index is 0. The Kier molecular flexibility index (Phi) is 3.83. The van der Waals surface area contributed by atoms with Gasteiger partial charge in [-0.3, -0.25) is 0 Å². The summed E-state index contributed by atoms with van der Waals surface area (Å²) in [5.74, 6) is 0.892. The van der Waals surface area contributed by atoms with E-state index in [1.165, 1.54) is 0 Å². The van der Waals surface area contributed by atoms with Crippen LogP contribution in [0.4, 0.5) is 5.69 Å². The molecular formula is C12H18N2O3. The fourth-order valence-corrected chi connectivity index (χ4v) is 1.44. The molecule has 2 aliphatic heterocycles. The van der Waals surface area contributed by atoms with E-state index in [1.54, 1.807) is 0 Å². The van der Waals surface area contributed by atoms with Crippen molar-refractivity contribution in [1.82, 2.24) is 6.15 Å². The second kappa shape index (κ2) is 5.35. The first-order chi connectivity index (χ1) is 7.90. The molecule has 2 atom stereocenters. The average molecular weight is 238 g/mol. The zero-order valence-electron chi connectivity index (χ0n) is 9.72. The minimum Gasteiger partial charge on any atom is -0.491 e. The number of ether oxygens (including phenoxy) is 3. The number of anilines is 1. The molecule has 1 aromatic carbocycles. The van der Waals surface area contributed by atoms with Crippen molar-refractivity contribution in [1.29, 1.82) is 0 Å². The van der Waals surface area contributed by atoms with Gasteiger partial charge in [0.15, 0.2) is 0 Å². The van der Waals surface area contributed by atoms with E-state index in [9.17, 15) is 0 Å². The SMILES string of the molecule is N.c1cc(OCC2CO2)ccc1NCC1CO1. The van der Waals surface area contributed by atoms with Gasteiger partial charge in [0.1, 0.15) is 18.5 Å². The van der Waals surface area contributed by atoms with Crippen LogP contribution in [-0.2, 0) is 9.47 Å². The lowest BCUT2D eigenvalue weighted by molar-refractivity contribution is 0.263. The molecule has 94 valence electrons. The predicted molar refractivity (Wildman–Crippen MR) is 64.9 cm³/mol. The zero-order valence-corrected chi connectivity index (χ0v) is 9.72. The summed E-state index contributed by atoms with van der Waals surface area (Å²) < 4.78 is 15.7. The molecule has 0 aromatic heterocycles. The number of hydrogen-bond donors (Lipinski definition) is 2. The van der Waals surface area contributed by atoms with Crippen molar-refractivity contribution in [2.75, 3.05) is 31.7 Å². The van der Waals surface area contributed by atoms with E-state index >= 15 is 0 Å². The molecule has 5 nitrogen and oxygen atoms in total. The Morgan fingerprint density at radius 2 is 1.76 bits per heavy atom. The third-order valence-corrected chi connectivity index (χ3v) is 2.63. The lowest BCUT2D eigenvalue weighted by Crippen LogP contribution is -2.07. The average Bonchev–Trinajstić information content (AvgIpc) is 3.17. The first-order valence-electron chi connectivity index (χ1n) is 5.60. The van der Waals surface area contributed by atoms with Gasteiger partial charge >= 0.3 is 0 Å². The Hall–Kier alpha value is -1.30. The van der Waals surface area contributed by atoms with Gasteiger partial charge in [-0.15, -0.1) is 0 Å². The van der Waals surface area contributed by atoms with Gasteiger partial charge in [-0.1, -0.05) is 0 Å². The highest BCUT2D eigenvalue weighted by atomic mass is 16.6. The molecule has 2 fully saturated rings. The first-order valence-corrected chi connectivity index (χ1v) is 5.60. The Labute approximate surface area is 101 Å². The highest BCUT2D eigenvalue weighted by Crippen LogP contribution is 2.18. The highest BCUT2D eigenvalue weighted by molar-refractivity contribution is 5.46. The predicted octanol–water partition coefficient (Wildman–Crippen LogP) is 1.44. The zero-order chi connectivity index (χ0) is 10.8. The Morgan fingerprint density at radius 3 is 2.35 bits per heavy atom. The van der Waals surface area contributed by atoms with Gasteiger partial charge in [-0.2, -0.15) is 0 Å². The van der Waals surface area contributed by atoms with Crippen molar-refractivity contribution in [3.05, 3.63) is 24.3 Å². The summed E-state index contributed by atoms with van der Waals surface area (Å²) in [6, 6.07) is 7.98. The molecule has 1 aromatic rings. The lowest BCUT2D eigenvalue weighted by Gasteiger charge is -2.07. The monoisotopic (exact) mass is 238 g/mol. The third kappa shape index (κ3) is 3.89. The van der Waals surface area contributed by atoms with Crippen LogP contribution in [0.2, 0.25) is 0 Å². The fourth-order valence-electron chi connectivity index (χ4n) is 1.44. The molecule has 5 heteroatoms. The topological polar surface area (TPSA) is 81.3 Å². The fraction of sp³-hybridized carbons (Fsp3) is 0.500. The van der Waals surface area contributed by atoms with E-state index in [0.717, 1.165) is 31.2 Å². The quantitative estimate of drug-likeness (QED) is 0.733. The van der Waals surface area contributed by atoms with E-state index in [4.69, 9.17) is 14.2 Å². The molecule has 0 amide bonds. The summed E-state index contributed by atoms with van der Waals surface area (Å²) >= 11 is 0. The first kappa shape index (κ1) is 12.2. The van der Waals surface area contributed by atoms with Crippen LogP contribution in [-0.4, -0.2) is 38.6 Å². The molecule has 0 saturated carbocycles. The summed E-state index contributed by atoms with van der Waals surface area (Å²) in [6.07, 6.45) is 0.716. The van der Waals surface area contributed by atoms with Gasteiger partial charge in [0.2, 0.25) is 0 Å². The largest absolute Gasteiger partial charge is 0.491 e. The second-order valence-corrected chi connectivity index (χ2v) is 4.13. The van der Waals surface area contributed by atoms with Crippen molar-refractivity contribution in [3.63, 3.8) is 0 Å². The molecule has 2 saturated heterocycles. The van der Waals surface area contributed by atoms with E-state index in [2.05, 4.69) is 5.32 Å². The number of benzene rings is 1. The number of nitrogens with one attached hydrogen (secondary N) is 1. The van der Waals surface area contributed by atoms with Crippen LogP contribution in [0, 0.1) is 0 Å². The van der Waals surface area contributed by atoms with Crippen LogP contribution in [0.3, 0.4) is 0 Å². The third-order valence-electron chi connectivity index (χ3n) is 2.63. The van der Waals surface area contributed by atoms with E-state index < -0.39 is 0 Å². The summed E-state index contributed by atoms with van der Waals surface area (Å²) in [5, 5.41) is 3.31. The molecule has 2 heterocycles. The van der Waals surface area contributed by atoms with Crippen molar-refractivity contribution in [2.24, 2.45) is 0 Å². The summed E-state index contributed by atoms with van der Waals surface area (Å²) in [7, 11) is 0. The van der Waals surface area contributed by atoms with Crippen LogP contribution < -0.4 is 16.2 Å². The number of epoxide rings is 2. The van der Waals surface area contributed by atoms with Gasteiger partial charge in [0.25, 0.3) is 0 Å². The summed E-state index contributed by atoms with van der Waals surface area (Å²) in [5.41, 5.74) is 1.10. The molecule has 0 radical (unpaired) electrons. The Bertz CT molecular complexity index is 312. The Morgan fingerprint density at radius 1 is 1.12 bits per heavy atom. The highest BCUT2D eigenvalue weighted by Gasteiger charge is 2.23.